The Hall–Kier alpha value is -1.39. The number of carbonyl (C=O) groups is 1. The number of hydrogen-bond donors (Lipinski definition) is 1. The third-order valence-corrected chi connectivity index (χ3v) is 4.78. The van der Waals surface area contributed by atoms with Gasteiger partial charge in [-0.05, 0) is 36.9 Å². The van der Waals surface area contributed by atoms with Gasteiger partial charge < -0.3 is 10.0 Å². The SMILES string of the molecule is O=C(CN1CCCC[C@@H]1CO)N1CCc2ccccc2C1. The second kappa shape index (κ2) is 6.58. The molecule has 0 saturated carbocycles. The molecule has 1 aromatic carbocycles. The lowest BCUT2D eigenvalue weighted by Crippen LogP contribution is -2.48. The second-order valence-corrected chi connectivity index (χ2v) is 6.14. The highest BCUT2D eigenvalue weighted by Gasteiger charge is 2.27. The van der Waals surface area contributed by atoms with Crippen LogP contribution < -0.4 is 0 Å². The van der Waals surface area contributed by atoms with Gasteiger partial charge in [0.15, 0.2) is 0 Å². The van der Waals surface area contributed by atoms with Gasteiger partial charge in [-0.15, -0.1) is 0 Å². The molecule has 0 aliphatic carbocycles. The van der Waals surface area contributed by atoms with Crippen molar-refractivity contribution >= 4 is 5.91 Å². The Morgan fingerprint density at radius 1 is 1.19 bits per heavy atom. The van der Waals surface area contributed by atoms with Crippen molar-refractivity contribution in [3.63, 3.8) is 0 Å². The Balaban J connectivity index is 1.61. The Morgan fingerprint density at radius 2 is 2.00 bits per heavy atom. The summed E-state index contributed by atoms with van der Waals surface area (Å²) in [5.41, 5.74) is 2.64. The van der Waals surface area contributed by atoms with Gasteiger partial charge in [0, 0.05) is 19.1 Å². The molecular formula is C17H24N2O2. The van der Waals surface area contributed by atoms with E-state index in [2.05, 4.69) is 23.1 Å². The van der Waals surface area contributed by atoms with Crippen LogP contribution in [0.2, 0.25) is 0 Å². The fraction of sp³-hybridized carbons (Fsp3) is 0.588. The van der Waals surface area contributed by atoms with Crippen LogP contribution >= 0.6 is 0 Å². The summed E-state index contributed by atoms with van der Waals surface area (Å²) in [7, 11) is 0. The van der Waals surface area contributed by atoms with Crippen LogP contribution in [-0.4, -0.2) is 53.1 Å². The van der Waals surface area contributed by atoms with Crippen molar-refractivity contribution in [3.8, 4) is 0 Å². The minimum atomic E-state index is 0.163. The van der Waals surface area contributed by atoms with Gasteiger partial charge >= 0.3 is 0 Å². The molecule has 0 spiro atoms. The highest BCUT2D eigenvalue weighted by molar-refractivity contribution is 5.78. The minimum absolute atomic E-state index is 0.163. The molecule has 1 aromatic rings. The fourth-order valence-electron chi connectivity index (χ4n) is 3.46. The number of amides is 1. The highest BCUT2D eigenvalue weighted by Crippen LogP contribution is 2.20. The van der Waals surface area contributed by atoms with E-state index < -0.39 is 0 Å². The summed E-state index contributed by atoms with van der Waals surface area (Å²) in [6.45, 7) is 3.09. The van der Waals surface area contributed by atoms with Crippen molar-refractivity contribution in [3.05, 3.63) is 35.4 Å². The van der Waals surface area contributed by atoms with E-state index in [1.807, 2.05) is 11.0 Å². The average molecular weight is 288 g/mol. The normalized spacial score (nSPS) is 22.9. The number of hydrogen-bond acceptors (Lipinski definition) is 3. The molecule has 2 aliphatic rings. The molecule has 3 rings (SSSR count). The first kappa shape index (κ1) is 14.5. The molecule has 0 unspecified atom stereocenters. The van der Waals surface area contributed by atoms with Crippen LogP contribution in [0.25, 0.3) is 0 Å². The molecule has 1 N–H and O–H groups in total. The Labute approximate surface area is 126 Å². The Kier molecular flexibility index (Phi) is 4.56. The lowest BCUT2D eigenvalue weighted by atomic mass is 9.99. The van der Waals surface area contributed by atoms with Crippen LogP contribution in [0.5, 0.6) is 0 Å². The predicted octanol–water partition coefficient (Wildman–Crippen LogP) is 1.42. The minimum Gasteiger partial charge on any atom is -0.395 e. The Morgan fingerprint density at radius 3 is 2.81 bits per heavy atom. The lowest BCUT2D eigenvalue weighted by Gasteiger charge is -2.36. The molecule has 1 saturated heterocycles. The van der Waals surface area contributed by atoms with E-state index in [0.29, 0.717) is 6.54 Å². The van der Waals surface area contributed by atoms with Crippen molar-refractivity contribution in [1.29, 1.82) is 0 Å². The fourth-order valence-corrected chi connectivity index (χ4v) is 3.46. The summed E-state index contributed by atoms with van der Waals surface area (Å²) >= 11 is 0. The standard InChI is InChI=1S/C17H24N2O2/c20-13-16-7-3-4-9-18(16)12-17(21)19-10-8-14-5-1-2-6-15(14)11-19/h1-2,5-6,16,20H,3-4,7-13H2/t16-/m1/s1. The number of rotatable bonds is 3. The first-order chi connectivity index (χ1) is 10.3. The van der Waals surface area contributed by atoms with Crippen LogP contribution in [-0.2, 0) is 17.8 Å². The van der Waals surface area contributed by atoms with Crippen LogP contribution in [0.1, 0.15) is 30.4 Å². The molecule has 4 heteroatoms. The lowest BCUT2D eigenvalue weighted by molar-refractivity contribution is -0.134. The molecule has 0 bridgehead atoms. The Bertz CT molecular complexity index is 503. The zero-order chi connectivity index (χ0) is 14.7. The molecule has 114 valence electrons. The van der Waals surface area contributed by atoms with Gasteiger partial charge in [-0.2, -0.15) is 0 Å². The molecule has 4 nitrogen and oxygen atoms in total. The maximum Gasteiger partial charge on any atom is 0.237 e. The number of aliphatic hydroxyl groups is 1. The predicted molar refractivity (Wildman–Crippen MR) is 81.9 cm³/mol. The zero-order valence-electron chi connectivity index (χ0n) is 12.5. The smallest absolute Gasteiger partial charge is 0.237 e. The molecular weight excluding hydrogens is 264 g/mol. The summed E-state index contributed by atoms with van der Waals surface area (Å²) in [5, 5.41) is 9.45. The summed E-state index contributed by atoms with van der Waals surface area (Å²) in [6, 6.07) is 8.55. The number of carbonyl (C=O) groups excluding carboxylic acids is 1. The van der Waals surface area contributed by atoms with Crippen molar-refractivity contribution in [2.24, 2.45) is 0 Å². The topological polar surface area (TPSA) is 43.8 Å². The summed E-state index contributed by atoms with van der Waals surface area (Å²) < 4.78 is 0. The monoisotopic (exact) mass is 288 g/mol. The molecule has 0 aromatic heterocycles. The molecule has 1 amide bonds. The maximum atomic E-state index is 12.5. The summed E-state index contributed by atoms with van der Waals surface area (Å²) in [4.78, 5) is 16.7. The molecule has 21 heavy (non-hydrogen) atoms. The number of benzene rings is 1. The molecule has 1 atom stereocenters. The third kappa shape index (κ3) is 3.27. The zero-order valence-corrected chi connectivity index (χ0v) is 12.5. The van der Waals surface area contributed by atoms with E-state index in [1.165, 1.54) is 11.1 Å². The van der Waals surface area contributed by atoms with Gasteiger partial charge in [-0.1, -0.05) is 30.7 Å². The van der Waals surface area contributed by atoms with E-state index in [1.54, 1.807) is 0 Å². The van der Waals surface area contributed by atoms with E-state index in [-0.39, 0.29) is 18.6 Å². The van der Waals surface area contributed by atoms with Gasteiger partial charge in [0.25, 0.3) is 0 Å². The van der Waals surface area contributed by atoms with Crippen LogP contribution in [0.15, 0.2) is 24.3 Å². The van der Waals surface area contributed by atoms with E-state index in [4.69, 9.17) is 0 Å². The average Bonchev–Trinajstić information content (AvgIpc) is 2.55. The molecule has 2 heterocycles. The van der Waals surface area contributed by atoms with E-state index in [9.17, 15) is 9.90 Å². The van der Waals surface area contributed by atoms with E-state index in [0.717, 1.165) is 45.3 Å². The number of likely N-dealkylation sites (tertiary alicyclic amines) is 1. The maximum absolute atomic E-state index is 12.5. The number of aliphatic hydroxyl groups excluding tert-OH is 1. The van der Waals surface area contributed by atoms with Crippen LogP contribution in [0.4, 0.5) is 0 Å². The van der Waals surface area contributed by atoms with E-state index >= 15 is 0 Å². The molecule has 0 radical (unpaired) electrons. The number of nitrogens with zero attached hydrogens (tertiary/aromatic N) is 2. The van der Waals surface area contributed by atoms with Gasteiger partial charge in [-0.25, -0.2) is 0 Å². The van der Waals surface area contributed by atoms with Crippen LogP contribution in [0, 0.1) is 0 Å². The highest BCUT2D eigenvalue weighted by atomic mass is 16.3. The third-order valence-electron chi connectivity index (χ3n) is 4.78. The largest absolute Gasteiger partial charge is 0.395 e. The quantitative estimate of drug-likeness (QED) is 0.915. The van der Waals surface area contributed by atoms with Crippen molar-refractivity contribution in [1.82, 2.24) is 9.80 Å². The van der Waals surface area contributed by atoms with Crippen molar-refractivity contribution < 1.29 is 9.90 Å². The van der Waals surface area contributed by atoms with Gasteiger partial charge in [0.1, 0.15) is 0 Å². The first-order valence-corrected chi connectivity index (χ1v) is 7.97. The van der Waals surface area contributed by atoms with Crippen molar-refractivity contribution in [2.45, 2.75) is 38.3 Å². The van der Waals surface area contributed by atoms with Gasteiger partial charge in [-0.3, -0.25) is 9.69 Å². The van der Waals surface area contributed by atoms with Crippen LogP contribution in [0.3, 0.4) is 0 Å². The molecule has 1 fully saturated rings. The number of piperidine rings is 1. The van der Waals surface area contributed by atoms with Crippen molar-refractivity contribution in [2.75, 3.05) is 26.2 Å². The summed E-state index contributed by atoms with van der Waals surface area (Å²) in [5.74, 6) is 0.199. The van der Waals surface area contributed by atoms with Gasteiger partial charge in [0.2, 0.25) is 5.91 Å². The molecule has 2 aliphatic heterocycles. The summed E-state index contributed by atoms with van der Waals surface area (Å²) in [6.07, 6.45) is 4.25. The number of fused-ring (bicyclic) bond motifs is 1. The van der Waals surface area contributed by atoms with Gasteiger partial charge in [0.05, 0.1) is 13.2 Å². The first-order valence-electron chi connectivity index (χ1n) is 7.97. The second-order valence-electron chi connectivity index (χ2n) is 6.14.